The summed E-state index contributed by atoms with van der Waals surface area (Å²) in [6.45, 7) is 0.215. The zero-order valence-electron chi connectivity index (χ0n) is 11.2. The van der Waals surface area contributed by atoms with Crippen molar-refractivity contribution in [3.8, 4) is 12.3 Å². The zero-order chi connectivity index (χ0) is 14.5. The summed E-state index contributed by atoms with van der Waals surface area (Å²) in [6.07, 6.45) is 10.5. The van der Waals surface area contributed by atoms with E-state index in [1.807, 2.05) is 0 Å². The van der Waals surface area contributed by atoms with Crippen LogP contribution in [0.2, 0.25) is 0 Å². The summed E-state index contributed by atoms with van der Waals surface area (Å²) in [7, 11) is 0. The highest BCUT2D eigenvalue weighted by molar-refractivity contribution is 5.93. The molecule has 1 N–H and O–H groups in total. The molecule has 106 valence electrons. The van der Waals surface area contributed by atoms with Gasteiger partial charge in [-0.2, -0.15) is 0 Å². The van der Waals surface area contributed by atoms with Gasteiger partial charge in [0.15, 0.2) is 5.76 Å². The average molecular weight is 275 g/mol. The standard InChI is InChI=1S/C15H17NO4/c1-2-10-16(11-6-4-3-5-7-11)14(17)12-8-9-13(20-12)15(18)19/h1,8-9,11H,3-7,10H2,(H,18,19). The number of carbonyl (C=O) groups is 2. The maximum absolute atomic E-state index is 12.4. The normalized spacial score (nSPS) is 15.6. The third-order valence-electron chi connectivity index (χ3n) is 3.57. The maximum atomic E-state index is 12.4. The van der Waals surface area contributed by atoms with Gasteiger partial charge in [-0.25, -0.2) is 4.79 Å². The largest absolute Gasteiger partial charge is 0.475 e. The fourth-order valence-corrected chi connectivity index (χ4v) is 2.57. The first-order valence-electron chi connectivity index (χ1n) is 6.71. The van der Waals surface area contributed by atoms with Gasteiger partial charge in [-0.05, 0) is 25.0 Å². The van der Waals surface area contributed by atoms with Gasteiger partial charge in [0.05, 0.1) is 6.54 Å². The van der Waals surface area contributed by atoms with E-state index in [9.17, 15) is 9.59 Å². The maximum Gasteiger partial charge on any atom is 0.371 e. The predicted octanol–water partition coefficient (Wildman–Crippen LogP) is 2.39. The number of hydrogen-bond donors (Lipinski definition) is 1. The van der Waals surface area contributed by atoms with E-state index >= 15 is 0 Å². The van der Waals surface area contributed by atoms with Crippen LogP contribution in [0.5, 0.6) is 0 Å². The van der Waals surface area contributed by atoms with Crippen molar-refractivity contribution in [3.05, 3.63) is 23.7 Å². The number of carbonyl (C=O) groups excluding carboxylic acids is 1. The molecule has 1 heterocycles. The molecule has 1 fully saturated rings. The van der Waals surface area contributed by atoms with E-state index < -0.39 is 5.97 Å². The first kappa shape index (κ1) is 14.2. The molecule has 0 bridgehead atoms. The number of terminal acetylenes is 1. The molecule has 0 saturated heterocycles. The van der Waals surface area contributed by atoms with Crippen molar-refractivity contribution in [1.29, 1.82) is 0 Å². The van der Waals surface area contributed by atoms with Gasteiger partial charge in [0.25, 0.3) is 5.91 Å². The van der Waals surface area contributed by atoms with Crippen molar-refractivity contribution in [3.63, 3.8) is 0 Å². The molecule has 1 aromatic heterocycles. The van der Waals surface area contributed by atoms with Crippen LogP contribution in [-0.2, 0) is 0 Å². The van der Waals surface area contributed by atoms with Crippen molar-refractivity contribution in [2.24, 2.45) is 0 Å². The van der Waals surface area contributed by atoms with E-state index in [4.69, 9.17) is 15.9 Å². The smallest absolute Gasteiger partial charge is 0.371 e. The van der Waals surface area contributed by atoms with E-state index in [0.29, 0.717) is 0 Å². The van der Waals surface area contributed by atoms with Gasteiger partial charge in [-0.15, -0.1) is 6.42 Å². The van der Waals surface area contributed by atoms with Gasteiger partial charge in [-0.3, -0.25) is 4.79 Å². The molecule has 2 rings (SSSR count). The van der Waals surface area contributed by atoms with Gasteiger partial charge in [0.1, 0.15) is 0 Å². The number of aromatic carboxylic acids is 1. The second kappa shape index (κ2) is 6.29. The number of carboxylic acids is 1. The van der Waals surface area contributed by atoms with Gasteiger partial charge >= 0.3 is 5.97 Å². The Morgan fingerprint density at radius 1 is 1.30 bits per heavy atom. The highest BCUT2D eigenvalue weighted by atomic mass is 16.4. The molecule has 0 spiro atoms. The topological polar surface area (TPSA) is 70.8 Å². The predicted molar refractivity (Wildman–Crippen MR) is 72.4 cm³/mol. The monoisotopic (exact) mass is 275 g/mol. The van der Waals surface area contributed by atoms with Crippen LogP contribution in [0.3, 0.4) is 0 Å². The lowest BCUT2D eigenvalue weighted by Crippen LogP contribution is -2.41. The van der Waals surface area contributed by atoms with Gasteiger partial charge < -0.3 is 14.4 Å². The van der Waals surface area contributed by atoms with Crippen LogP contribution in [0.4, 0.5) is 0 Å². The number of nitrogens with zero attached hydrogens (tertiary/aromatic N) is 1. The minimum Gasteiger partial charge on any atom is -0.475 e. The molecule has 1 aromatic rings. The molecule has 0 aromatic carbocycles. The summed E-state index contributed by atoms with van der Waals surface area (Å²) in [5, 5.41) is 8.82. The Hall–Kier alpha value is -2.22. The van der Waals surface area contributed by atoms with Crippen molar-refractivity contribution < 1.29 is 19.1 Å². The molecular formula is C15H17NO4. The Morgan fingerprint density at radius 2 is 1.95 bits per heavy atom. The van der Waals surface area contributed by atoms with Crippen LogP contribution >= 0.6 is 0 Å². The van der Waals surface area contributed by atoms with Crippen LogP contribution in [0, 0.1) is 12.3 Å². The minimum atomic E-state index is -1.19. The summed E-state index contributed by atoms with van der Waals surface area (Å²) in [4.78, 5) is 24.8. The molecule has 1 aliphatic rings. The van der Waals surface area contributed by atoms with E-state index in [2.05, 4.69) is 5.92 Å². The van der Waals surface area contributed by atoms with Gasteiger partial charge in [0.2, 0.25) is 5.76 Å². The van der Waals surface area contributed by atoms with Crippen LogP contribution < -0.4 is 0 Å². The molecule has 0 unspecified atom stereocenters. The number of carboxylic acid groups (broad SMARTS) is 1. The van der Waals surface area contributed by atoms with Crippen LogP contribution in [0.15, 0.2) is 16.5 Å². The Morgan fingerprint density at radius 3 is 2.50 bits per heavy atom. The Balaban J connectivity index is 2.17. The number of amides is 1. The van der Waals surface area contributed by atoms with Crippen LogP contribution in [-0.4, -0.2) is 34.5 Å². The van der Waals surface area contributed by atoms with Gasteiger partial charge in [0, 0.05) is 6.04 Å². The van der Waals surface area contributed by atoms with E-state index in [-0.39, 0.29) is 30.0 Å². The lowest BCUT2D eigenvalue weighted by Gasteiger charge is -2.32. The first-order chi connectivity index (χ1) is 9.63. The summed E-state index contributed by atoms with van der Waals surface area (Å²) >= 11 is 0. The lowest BCUT2D eigenvalue weighted by molar-refractivity contribution is 0.0615. The Kier molecular flexibility index (Phi) is 4.46. The molecule has 0 atom stereocenters. The highest BCUT2D eigenvalue weighted by Gasteiger charge is 2.28. The molecule has 1 saturated carbocycles. The summed E-state index contributed by atoms with van der Waals surface area (Å²) in [5.74, 6) is 0.764. The van der Waals surface area contributed by atoms with Crippen molar-refractivity contribution >= 4 is 11.9 Å². The molecule has 0 radical (unpaired) electrons. The van der Waals surface area contributed by atoms with E-state index in [0.717, 1.165) is 25.7 Å². The third kappa shape index (κ3) is 3.02. The summed E-state index contributed by atoms with van der Waals surface area (Å²) < 4.78 is 5.07. The van der Waals surface area contributed by atoms with E-state index in [1.165, 1.54) is 18.6 Å². The lowest BCUT2D eigenvalue weighted by atomic mass is 9.94. The van der Waals surface area contributed by atoms with E-state index in [1.54, 1.807) is 4.90 Å². The molecule has 5 heteroatoms. The van der Waals surface area contributed by atoms with Gasteiger partial charge in [-0.1, -0.05) is 25.2 Å². The average Bonchev–Trinajstić information content (AvgIpc) is 2.95. The molecular weight excluding hydrogens is 258 g/mol. The molecule has 5 nitrogen and oxygen atoms in total. The van der Waals surface area contributed by atoms with Crippen molar-refractivity contribution in [2.45, 2.75) is 38.1 Å². The second-order valence-electron chi connectivity index (χ2n) is 4.90. The van der Waals surface area contributed by atoms with Crippen LogP contribution in [0.25, 0.3) is 0 Å². The minimum absolute atomic E-state index is 0.0308. The zero-order valence-corrected chi connectivity index (χ0v) is 11.2. The summed E-state index contributed by atoms with van der Waals surface area (Å²) in [5.41, 5.74) is 0. The second-order valence-corrected chi connectivity index (χ2v) is 4.90. The number of hydrogen-bond acceptors (Lipinski definition) is 3. The molecule has 20 heavy (non-hydrogen) atoms. The highest BCUT2D eigenvalue weighted by Crippen LogP contribution is 2.24. The fraction of sp³-hybridized carbons (Fsp3) is 0.467. The first-order valence-corrected chi connectivity index (χ1v) is 6.71. The van der Waals surface area contributed by atoms with Crippen LogP contribution in [0.1, 0.15) is 53.2 Å². The Labute approximate surface area is 117 Å². The number of furan rings is 1. The molecule has 0 aliphatic heterocycles. The Bertz CT molecular complexity index is 534. The van der Waals surface area contributed by atoms with Crippen molar-refractivity contribution in [2.75, 3.05) is 6.54 Å². The molecule has 1 amide bonds. The molecule has 1 aliphatic carbocycles. The summed E-state index contributed by atoms with van der Waals surface area (Å²) in [6, 6.07) is 2.79. The SMILES string of the molecule is C#CCN(C(=O)c1ccc(C(=O)O)o1)C1CCCCC1. The van der Waals surface area contributed by atoms with Crippen molar-refractivity contribution in [1.82, 2.24) is 4.90 Å². The quantitative estimate of drug-likeness (QED) is 0.856. The third-order valence-corrected chi connectivity index (χ3v) is 3.57. The number of rotatable bonds is 4. The fourth-order valence-electron chi connectivity index (χ4n) is 2.57.